The van der Waals surface area contributed by atoms with Crippen molar-refractivity contribution in [2.75, 3.05) is 13.2 Å². The van der Waals surface area contributed by atoms with Crippen molar-refractivity contribution in [2.45, 2.75) is 140 Å². The number of nitrogens with two attached hydrogens (primary N) is 4. The Hall–Kier alpha value is -6.89. The van der Waals surface area contributed by atoms with Gasteiger partial charge in [-0.15, -0.1) is 0 Å². The molecule has 10 amide bonds. The first-order valence-electron chi connectivity index (χ1n) is 22.2. The number of hydrogen-bond acceptors (Lipinski definition) is 14. The van der Waals surface area contributed by atoms with E-state index in [9.17, 15) is 68.1 Å². The number of hydrogen-bond donors (Lipinski definition) is 13. The monoisotopic (exact) mass is 961 g/mol. The van der Waals surface area contributed by atoms with Gasteiger partial charge in [-0.3, -0.25) is 47.9 Å². The molecule has 68 heavy (non-hydrogen) atoms. The van der Waals surface area contributed by atoms with Crippen LogP contribution in [0.4, 0.5) is 0 Å². The largest absolute Gasteiger partial charge is 0.508 e. The zero-order valence-corrected chi connectivity index (χ0v) is 38.7. The molecule has 17 N–H and O–H groups in total. The number of phenolic OH excluding ortho intramolecular Hbond substituents is 1. The second kappa shape index (κ2) is 27.7. The molecule has 2 rings (SSSR count). The van der Waals surface area contributed by atoms with E-state index in [1.54, 1.807) is 27.7 Å². The van der Waals surface area contributed by atoms with E-state index in [1.807, 2.05) is 0 Å². The average molecular weight is 962 g/mol. The second-order valence-corrected chi connectivity index (χ2v) is 17.0. The third-order valence-corrected chi connectivity index (χ3v) is 11.3. The van der Waals surface area contributed by atoms with Gasteiger partial charge in [0.15, 0.2) is 0 Å². The fourth-order valence-electron chi connectivity index (χ4n) is 7.12. The molecule has 25 nitrogen and oxygen atoms in total. The lowest BCUT2D eigenvalue weighted by Crippen LogP contribution is -2.61. The number of likely N-dealkylation sites (tertiary alicyclic amines) is 1. The maximum Gasteiger partial charge on any atom is 0.326 e. The van der Waals surface area contributed by atoms with E-state index in [4.69, 9.17) is 22.9 Å². The van der Waals surface area contributed by atoms with Crippen LogP contribution in [0, 0.1) is 11.8 Å². The predicted octanol–water partition coefficient (Wildman–Crippen LogP) is -4.26. The molecule has 0 saturated carbocycles. The first-order valence-corrected chi connectivity index (χ1v) is 22.2. The van der Waals surface area contributed by atoms with Crippen molar-refractivity contribution in [2.24, 2.45) is 34.8 Å². The van der Waals surface area contributed by atoms with Crippen LogP contribution in [-0.2, 0) is 59.2 Å². The molecule has 1 aliphatic heterocycles. The van der Waals surface area contributed by atoms with Gasteiger partial charge in [0.05, 0.1) is 6.61 Å². The highest BCUT2D eigenvalue weighted by Crippen LogP contribution is 2.22. The Balaban J connectivity index is 2.45. The number of rotatable bonds is 29. The standard InChI is InChI=1S/C43H67N11O14/c1-5-22(4)35(41(65)52-34(21(2)3)40(64)50-28(43(67)68)14-17-33(47)59)53-39(63)30-7-6-18-54(30)42(66)29(19-23-8-10-24(56)11-9-23)51-38(62)27(13-16-32(46)58)49-37(61)26(12-15-31(45)57)48-36(60)25(44)20-55/h8-11,21-22,25-30,34-35,55-56H,5-7,12-20,44H2,1-4H3,(H2,45,57)(H2,46,58)(H2,47,59)(H,48,60)(H,49,61)(H,50,64)(H,51,62)(H,52,65)(H,53,63)(H,67,68)/t22-,25-,26-,27-,28-,29-,30-,34-,35-/m0/s1. The molecule has 0 aromatic heterocycles. The Morgan fingerprint density at radius 3 is 1.60 bits per heavy atom. The fraction of sp³-hybridized carbons (Fsp3) is 0.605. The quantitative estimate of drug-likeness (QED) is 0.0362. The summed E-state index contributed by atoms with van der Waals surface area (Å²) in [4.78, 5) is 144. The summed E-state index contributed by atoms with van der Waals surface area (Å²) in [6, 6.07) is -5.58. The molecular formula is C43H67N11O14. The first kappa shape index (κ1) is 57.2. The highest BCUT2D eigenvalue weighted by Gasteiger charge is 2.41. The number of carboxylic acid groups (broad SMARTS) is 1. The minimum atomic E-state index is -1.58. The van der Waals surface area contributed by atoms with Gasteiger partial charge in [-0.05, 0) is 61.6 Å². The summed E-state index contributed by atoms with van der Waals surface area (Å²) in [6.45, 7) is 5.86. The maximum absolute atomic E-state index is 14.6. The molecule has 0 unspecified atom stereocenters. The summed E-state index contributed by atoms with van der Waals surface area (Å²) >= 11 is 0. The molecule has 0 bridgehead atoms. The molecule has 0 spiro atoms. The van der Waals surface area contributed by atoms with Crippen LogP contribution in [0.2, 0.25) is 0 Å². The van der Waals surface area contributed by atoms with Gasteiger partial charge in [-0.1, -0.05) is 46.2 Å². The van der Waals surface area contributed by atoms with E-state index in [1.165, 1.54) is 29.2 Å². The molecule has 9 atom stereocenters. The van der Waals surface area contributed by atoms with E-state index in [0.29, 0.717) is 18.4 Å². The Kier molecular flexibility index (Phi) is 23.3. The van der Waals surface area contributed by atoms with E-state index in [0.717, 1.165) is 0 Å². The number of carbonyl (C=O) groups excluding carboxylic acids is 10. The van der Waals surface area contributed by atoms with Crippen molar-refractivity contribution in [3.63, 3.8) is 0 Å². The third kappa shape index (κ3) is 18.4. The maximum atomic E-state index is 14.6. The van der Waals surface area contributed by atoms with Gasteiger partial charge >= 0.3 is 5.97 Å². The summed E-state index contributed by atoms with van der Waals surface area (Å²) in [5, 5.41) is 43.8. The van der Waals surface area contributed by atoms with Crippen molar-refractivity contribution >= 4 is 65.0 Å². The normalized spacial score (nSPS) is 16.9. The number of aromatic hydroxyl groups is 1. The Labute approximate surface area is 393 Å². The SMILES string of the molecule is CC[C@H](C)[C@H](NC(=O)[C@@H]1CCCN1C(=O)[C@H](Cc1ccc(O)cc1)NC(=O)[C@H](CCC(N)=O)NC(=O)[C@H](CCC(N)=O)NC(=O)[C@@H](N)CO)C(=O)N[C@H](C(=O)N[C@@H](CCC(N)=O)C(=O)O)C(C)C. The van der Waals surface area contributed by atoms with Crippen LogP contribution in [0.15, 0.2) is 24.3 Å². The van der Waals surface area contributed by atoms with Crippen LogP contribution in [0.5, 0.6) is 5.75 Å². The number of nitrogens with zero attached hydrogens (tertiary/aromatic N) is 1. The van der Waals surface area contributed by atoms with Gasteiger partial charge in [0, 0.05) is 32.2 Å². The summed E-state index contributed by atoms with van der Waals surface area (Å²) < 4.78 is 0. The number of aliphatic carboxylic acids is 1. The van der Waals surface area contributed by atoms with Crippen LogP contribution in [0.1, 0.15) is 91.0 Å². The summed E-state index contributed by atoms with van der Waals surface area (Å²) in [6.07, 6.45) is -1.63. The molecule has 25 heteroatoms. The van der Waals surface area contributed by atoms with E-state index in [2.05, 4.69) is 31.9 Å². The zero-order chi connectivity index (χ0) is 51.4. The van der Waals surface area contributed by atoms with Gasteiger partial charge in [0.1, 0.15) is 54.1 Å². The molecule has 1 aliphatic rings. The van der Waals surface area contributed by atoms with Gasteiger partial charge in [-0.25, -0.2) is 4.79 Å². The van der Waals surface area contributed by atoms with E-state index < -0.39 is 151 Å². The topological polar surface area (TPSA) is 428 Å². The molecule has 378 valence electrons. The smallest absolute Gasteiger partial charge is 0.326 e. The van der Waals surface area contributed by atoms with Crippen molar-refractivity contribution in [3.05, 3.63) is 29.8 Å². The van der Waals surface area contributed by atoms with Crippen molar-refractivity contribution in [1.82, 2.24) is 36.8 Å². The molecule has 1 aromatic carbocycles. The van der Waals surface area contributed by atoms with Crippen LogP contribution < -0.4 is 54.8 Å². The molecule has 0 radical (unpaired) electrons. The zero-order valence-electron chi connectivity index (χ0n) is 38.7. The van der Waals surface area contributed by atoms with Gasteiger partial charge in [0.25, 0.3) is 0 Å². The molecule has 1 fully saturated rings. The van der Waals surface area contributed by atoms with Crippen LogP contribution in [-0.4, -0.2) is 147 Å². The van der Waals surface area contributed by atoms with Gasteiger partial charge in [0.2, 0.25) is 59.1 Å². The summed E-state index contributed by atoms with van der Waals surface area (Å²) in [7, 11) is 0. The van der Waals surface area contributed by atoms with Crippen LogP contribution >= 0.6 is 0 Å². The molecule has 1 heterocycles. The number of amides is 10. The Bertz CT molecular complexity index is 1980. The molecule has 0 aliphatic carbocycles. The minimum absolute atomic E-state index is 0.0220. The van der Waals surface area contributed by atoms with Crippen LogP contribution in [0.3, 0.4) is 0 Å². The Morgan fingerprint density at radius 2 is 1.13 bits per heavy atom. The number of phenols is 1. The minimum Gasteiger partial charge on any atom is -0.508 e. The first-order chi connectivity index (χ1) is 31.9. The molecule has 1 saturated heterocycles. The number of aliphatic hydroxyl groups excluding tert-OH is 1. The van der Waals surface area contributed by atoms with Crippen molar-refractivity contribution in [1.29, 1.82) is 0 Å². The highest BCUT2D eigenvalue weighted by atomic mass is 16.4. The molecular weight excluding hydrogens is 895 g/mol. The van der Waals surface area contributed by atoms with E-state index in [-0.39, 0.29) is 44.4 Å². The summed E-state index contributed by atoms with van der Waals surface area (Å²) in [5.74, 6) is -11.2. The second-order valence-electron chi connectivity index (χ2n) is 17.0. The number of primary amides is 3. The fourth-order valence-corrected chi connectivity index (χ4v) is 7.12. The lowest BCUT2D eigenvalue weighted by molar-refractivity contribution is -0.143. The van der Waals surface area contributed by atoms with Crippen LogP contribution in [0.25, 0.3) is 0 Å². The highest BCUT2D eigenvalue weighted by molar-refractivity contribution is 5.98. The van der Waals surface area contributed by atoms with Crippen molar-refractivity contribution < 1.29 is 68.1 Å². The summed E-state index contributed by atoms with van der Waals surface area (Å²) in [5.41, 5.74) is 21.8. The number of carboxylic acids is 1. The van der Waals surface area contributed by atoms with Gasteiger partial charge in [-0.2, -0.15) is 0 Å². The number of carbonyl (C=O) groups is 11. The number of benzene rings is 1. The van der Waals surface area contributed by atoms with Crippen molar-refractivity contribution in [3.8, 4) is 5.75 Å². The average Bonchev–Trinajstić information content (AvgIpc) is 3.78. The lowest BCUT2D eigenvalue weighted by Gasteiger charge is -2.32. The molecule has 1 aromatic rings. The van der Waals surface area contributed by atoms with Gasteiger partial charge < -0.3 is 75.1 Å². The Morgan fingerprint density at radius 1 is 0.662 bits per heavy atom. The number of aliphatic hydroxyl groups is 1. The lowest BCUT2D eigenvalue weighted by atomic mass is 9.95. The predicted molar refractivity (Wildman–Crippen MR) is 240 cm³/mol. The third-order valence-electron chi connectivity index (χ3n) is 11.3. The number of nitrogens with one attached hydrogen (secondary N) is 6. The van der Waals surface area contributed by atoms with E-state index >= 15 is 0 Å².